The van der Waals surface area contributed by atoms with Gasteiger partial charge in [-0.05, 0) is 31.4 Å². The molecule has 1 N–H and O–H groups in total. The Morgan fingerprint density at radius 1 is 1.39 bits per heavy atom. The predicted octanol–water partition coefficient (Wildman–Crippen LogP) is 3.18. The van der Waals surface area contributed by atoms with Crippen molar-refractivity contribution in [2.45, 2.75) is 39.2 Å². The molecule has 0 bridgehead atoms. The normalized spacial score (nSPS) is 16.8. The minimum atomic E-state index is 0. The second-order valence-electron chi connectivity index (χ2n) is 6.87. The summed E-state index contributed by atoms with van der Waals surface area (Å²) in [6, 6.07) is 3.97. The monoisotopic (exact) mass is 498 g/mol. The molecule has 1 saturated heterocycles. The number of aliphatic imine (C=N–C) groups is 1. The molecule has 2 aromatic heterocycles. The lowest BCUT2D eigenvalue weighted by Crippen LogP contribution is -2.40. The van der Waals surface area contributed by atoms with Crippen LogP contribution < -0.4 is 10.1 Å². The Labute approximate surface area is 184 Å². The third-order valence-corrected chi connectivity index (χ3v) is 4.71. The van der Waals surface area contributed by atoms with E-state index in [2.05, 4.69) is 40.3 Å². The van der Waals surface area contributed by atoms with Gasteiger partial charge in [0.2, 0.25) is 5.88 Å². The number of aryl methyl sites for hydroxylation is 1. The first-order valence-electron chi connectivity index (χ1n) is 9.79. The van der Waals surface area contributed by atoms with E-state index >= 15 is 0 Å². The van der Waals surface area contributed by atoms with Crippen LogP contribution in [-0.2, 0) is 13.6 Å². The van der Waals surface area contributed by atoms with E-state index in [-0.39, 0.29) is 24.0 Å². The number of hydrogen-bond donors (Lipinski definition) is 1. The highest BCUT2D eigenvalue weighted by Gasteiger charge is 2.26. The summed E-state index contributed by atoms with van der Waals surface area (Å²) in [5.74, 6) is 2.15. The predicted molar refractivity (Wildman–Crippen MR) is 122 cm³/mol. The maximum Gasteiger partial charge on any atom is 0.218 e. The summed E-state index contributed by atoms with van der Waals surface area (Å²) in [4.78, 5) is 11.6. The molecule has 7 nitrogen and oxygen atoms in total. The Balaban J connectivity index is 0.00000280. The fourth-order valence-corrected chi connectivity index (χ4v) is 3.33. The van der Waals surface area contributed by atoms with Crippen LogP contribution in [0.3, 0.4) is 0 Å². The van der Waals surface area contributed by atoms with Crippen LogP contribution in [0, 0.1) is 0 Å². The van der Waals surface area contributed by atoms with E-state index in [4.69, 9.17) is 9.73 Å². The smallest absolute Gasteiger partial charge is 0.218 e. The van der Waals surface area contributed by atoms with Gasteiger partial charge in [-0.3, -0.25) is 4.68 Å². The van der Waals surface area contributed by atoms with Gasteiger partial charge in [0.25, 0.3) is 0 Å². The van der Waals surface area contributed by atoms with Crippen LogP contribution in [0.25, 0.3) is 0 Å². The molecule has 1 aliphatic heterocycles. The lowest BCUT2D eigenvalue weighted by molar-refractivity contribution is 0.302. The van der Waals surface area contributed by atoms with E-state index < -0.39 is 0 Å². The molecule has 0 spiro atoms. The Bertz CT molecular complexity index is 763. The molecular weight excluding hydrogens is 467 g/mol. The highest BCUT2D eigenvalue weighted by atomic mass is 127. The third kappa shape index (κ3) is 5.83. The highest BCUT2D eigenvalue weighted by Crippen LogP contribution is 2.27. The molecule has 1 unspecified atom stereocenters. The number of halogens is 1. The lowest BCUT2D eigenvalue weighted by atomic mass is 10.0. The zero-order chi connectivity index (χ0) is 19.1. The van der Waals surface area contributed by atoms with E-state index in [9.17, 15) is 0 Å². The molecule has 0 saturated carbocycles. The number of ether oxygens (including phenoxy) is 1. The van der Waals surface area contributed by atoms with Crippen LogP contribution in [-0.4, -0.2) is 51.9 Å². The summed E-state index contributed by atoms with van der Waals surface area (Å²) in [6.07, 6.45) is 7.94. The number of likely N-dealkylation sites (tertiary alicyclic amines) is 1. The van der Waals surface area contributed by atoms with Crippen LogP contribution in [0.1, 0.15) is 43.7 Å². The van der Waals surface area contributed by atoms with E-state index in [1.165, 1.54) is 5.56 Å². The number of pyridine rings is 1. The van der Waals surface area contributed by atoms with Crippen LogP contribution in [0.4, 0.5) is 0 Å². The van der Waals surface area contributed by atoms with Crippen molar-refractivity contribution in [1.82, 2.24) is 25.0 Å². The Morgan fingerprint density at radius 3 is 2.96 bits per heavy atom. The van der Waals surface area contributed by atoms with Crippen molar-refractivity contribution in [3.8, 4) is 5.88 Å². The zero-order valence-electron chi connectivity index (χ0n) is 17.0. The second-order valence-corrected chi connectivity index (χ2v) is 6.87. The molecule has 28 heavy (non-hydrogen) atoms. The maximum atomic E-state index is 5.76. The first-order chi connectivity index (χ1) is 13.2. The molecule has 0 radical (unpaired) electrons. The van der Waals surface area contributed by atoms with E-state index in [1.54, 1.807) is 6.20 Å². The summed E-state index contributed by atoms with van der Waals surface area (Å²) in [6.45, 7) is 8.23. The zero-order valence-corrected chi connectivity index (χ0v) is 19.3. The van der Waals surface area contributed by atoms with Crippen molar-refractivity contribution in [3.05, 3.63) is 41.9 Å². The average molecular weight is 498 g/mol. The molecule has 154 valence electrons. The van der Waals surface area contributed by atoms with Gasteiger partial charge in [0.1, 0.15) is 0 Å². The summed E-state index contributed by atoms with van der Waals surface area (Å²) >= 11 is 0. The molecule has 3 heterocycles. The van der Waals surface area contributed by atoms with Gasteiger partial charge in [-0.2, -0.15) is 5.10 Å². The average Bonchev–Trinajstić information content (AvgIpc) is 3.33. The minimum absolute atomic E-state index is 0. The Morgan fingerprint density at radius 2 is 2.25 bits per heavy atom. The van der Waals surface area contributed by atoms with E-state index in [0.29, 0.717) is 24.9 Å². The second kappa shape index (κ2) is 11.2. The topological polar surface area (TPSA) is 67.6 Å². The van der Waals surface area contributed by atoms with Gasteiger partial charge in [-0.25, -0.2) is 9.98 Å². The van der Waals surface area contributed by atoms with Gasteiger partial charge in [0, 0.05) is 50.6 Å². The quantitative estimate of drug-likeness (QED) is 0.361. The van der Waals surface area contributed by atoms with Crippen LogP contribution in [0.2, 0.25) is 0 Å². The van der Waals surface area contributed by atoms with Crippen molar-refractivity contribution in [1.29, 1.82) is 0 Å². The molecule has 0 aromatic carbocycles. The number of guanidine groups is 1. The van der Waals surface area contributed by atoms with Crippen molar-refractivity contribution in [3.63, 3.8) is 0 Å². The Hall–Kier alpha value is -1.84. The van der Waals surface area contributed by atoms with Gasteiger partial charge in [-0.15, -0.1) is 24.0 Å². The number of nitrogens with zero attached hydrogens (tertiary/aromatic N) is 5. The number of nitrogens with one attached hydrogen (secondary N) is 1. The van der Waals surface area contributed by atoms with Gasteiger partial charge < -0.3 is 15.0 Å². The first-order valence-corrected chi connectivity index (χ1v) is 9.79. The third-order valence-electron chi connectivity index (χ3n) is 4.71. The van der Waals surface area contributed by atoms with Gasteiger partial charge in [-0.1, -0.05) is 13.0 Å². The number of rotatable bonds is 7. The van der Waals surface area contributed by atoms with E-state index in [0.717, 1.165) is 44.0 Å². The van der Waals surface area contributed by atoms with Crippen LogP contribution in [0.5, 0.6) is 5.88 Å². The van der Waals surface area contributed by atoms with Crippen molar-refractivity contribution >= 4 is 29.9 Å². The SMILES string of the molecule is CCCOc1ncccc1CN=C(NCC)N1CCC(c2cnn(C)c2)C1.I. The van der Waals surface area contributed by atoms with Gasteiger partial charge in [0.05, 0.1) is 19.3 Å². The fraction of sp³-hybridized carbons (Fsp3) is 0.550. The number of aromatic nitrogens is 3. The summed E-state index contributed by atoms with van der Waals surface area (Å²) < 4.78 is 7.63. The molecule has 1 aliphatic rings. The number of hydrogen-bond acceptors (Lipinski definition) is 4. The molecular formula is C20H31IN6O. The Kier molecular flexibility index (Phi) is 9.01. The van der Waals surface area contributed by atoms with Crippen LogP contribution in [0.15, 0.2) is 35.7 Å². The molecule has 3 rings (SSSR count). The molecule has 8 heteroatoms. The van der Waals surface area contributed by atoms with Crippen molar-refractivity contribution in [2.75, 3.05) is 26.2 Å². The fourth-order valence-electron chi connectivity index (χ4n) is 3.33. The summed E-state index contributed by atoms with van der Waals surface area (Å²) in [5.41, 5.74) is 2.32. The largest absolute Gasteiger partial charge is 0.477 e. The molecule has 1 atom stereocenters. The minimum Gasteiger partial charge on any atom is -0.477 e. The van der Waals surface area contributed by atoms with Crippen molar-refractivity contribution < 1.29 is 4.74 Å². The maximum absolute atomic E-state index is 5.76. The van der Waals surface area contributed by atoms with Crippen molar-refractivity contribution in [2.24, 2.45) is 12.0 Å². The standard InChI is InChI=1S/C20H30N6O.HI/c1-4-11-27-19-16(7-6-9-22-19)12-23-20(21-5-2)26-10-8-17(15-26)18-13-24-25(3)14-18;/h6-7,9,13-14,17H,4-5,8,10-12,15H2,1-3H3,(H,21,23);1H. The summed E-state index contributed by atoms with van der Waals surface area (Å²) in [5, 5.41) is 7.74. The van der Waals surface area contributed by atoms with Gasteiger partial charge in [0.15, 0.2) is 5.96 Å². The molecule has 1 fully saturated rings. The lowest BCUT2D eigenvalue weighted by Gasteiger charge is -2.21. The highest BCUT2D eigenvalue weighted by molar-refractivity contribution is 14.0. The molecule has 2 aromatic rings. The molecule has 0 amide bonds. The van der Waals surface area contributed by atoms with Crippen LogP contribution >= 0.6 is 24.0 Å². The molecule has 0 aliphatic carbocycles. The summed E-state index contributed by atoms with van der Waals surface area (Å²) in [7, 11) is 1.97. The van der Waals surface area contributed by atoms with E-state index in [1.807, 2.05) is 30.1 Å². The van der Waals surface area contributed by atoms with Gasteiger partial charge >= 0.3 is 0 Å². The first kappa shape index (κ1) is 22.4.